The Balaban J connectivity index is 1.54. The fourth-order valence-electron chi connectivity index (χ4n) is 3.77. The number of rotatable bonds is 8. The second kappa shape index (κ2) is 10.8. The quantitative estimate of drug-likeness (QED) is 0.525. The first-order chi connectivity index (χ1) is 16.0. The van der Waals surface area contributed by atoms with Crippen LogP contribution in [-0.2, 0) is 29.0 Å². The van der Waals surface area contributed by atoms with Gasteiger partial charge >= 0.3 is 0 Å². The predicted octanol–water partition coefficient (Wildman–Crippen LogP) is 2.67. The minimum absolute atomic E-state index is 0.0239. The number of fused-ring (bicyclic) bond motifs is 1. The van der Waals surface area contributed by atoms with Gasteiger partial charge in [0.1, 0.15) is 5.52 Å². The van der Waals surface area contributed by atoms with Crippen LogP contribution in [0.1, 0.15) is 23.7 Å². The van der Waals surface area contributed by atoms with E-state index in [1.807, 2.05) is 19.1 Å². The van der Waals surface area contributed by atoms with Gasteiger partial charge in [0.15, 0.2) is 5.43 Å². The van der Waals surface area contributed by atoms with Crippen LogP contribution in [-0.4, -0.2) is 53.7 Å². The first-order valence-corrected chi connectivity index (χ1v) is 11.4. The normalized spacial score (nSPS) is 14.4. The van der Waals surface area contributed by atoms with Gasteiger partial charge in [0, 0.05) is 43.0 Å². The Hall–Kier alpha value is -2.94. The van der Waals surface area contributed by atoms with Gasteiger partial charge in [-0.1, -0.05) is 23.7 Å². The van der Waals surface area contributed by atoms with Crippen LogP contribution in [0.2, 0.25) is 5.02 Å². The predicted molar refractivity (Wildman–Crippen MR) is 127 cm³/mol. The number of carbonyl (C=O) groups is 1. The smallest absolute Gasteiger partial charge is 0.238 e. The lowest BCUT2D eigenvalue weighted by molar-refractivity contribution is -0.120. The van der Waals surface area contributed by atoms with E-state index in [2.05, 4.69) is 20.2 Å². The summed E-state index contributed by atoms with van der Waals surface area (Å²) in [6.07, 6.45) is 1.54. The van der Waals surface area contributed by atoms with Crippen LogP contribution in [0, 0.1) is 0 Å². The number of ether oxygens (including phenoxy) is 2. The molecule has 0 atom stereocenters. The summed E-state index contributed by atoms with van der Waals surface area (Å²) < 4.78 is 11.1. The molecule has 9 heteroatoms. The molecule has 1 aliphatic rings. The molecular formula is C24H27ClN4O4. The number of halogens is 1. The number of hydrogen-bond acceptors (Lipinski definition) is 6. The molecular weight excluding hydrogens is 444 g/mol. The highest BCUT2D eigenvalue weighted by atomic mass is 35.5. The number of benzene rings is 1. The molecule has 1 amide bonds. The third kappa shape index (κ3) is 5.90. The largest absolute Gasteiger partial charge is 0.476 e. The minimum Gasteiger partial charge on any atom is -0.476 e. The van der Waals surface area contributed by atoms with E-state index in [1.54, 1.807) is 24.4 Å². The topological polar surface area (TPSA) is 96.6 Å². The third-order valence-corrected chi connectivity index (χ3v) is 5.74. The van der Waals surface area contributed by atoms with Gasteiger partial charge in [-0.3, -0.25) is 14.5 Å². The van der Waals surface area contributed by atoms with E-state index in [-0.39, 0.29) is 17.8 Å². The first-order valence-electron chi connectivity index (χ1n) is 11.0. The Morgan fingerprint density at radius 1 is 1.27 bits per heavy atom. The molecule has 1 saturated heterocycles. The van der Waals surface area contributed by atoms with Crippen molar-refractivity contribution in [3.63, 3.8) is 0 Å². The van der Waals surface area contributed by atoms with Crippen molar-refractivity contribution < 1.29 is 14.3 Å². The lowest BCUT2D eigenvalue weighted by Crippen LogP contribution is -2.36. The molecule has 0 radical (unpaired) electrons. The molecule has 2 aromatic heterocycles. The summed E-state index contributed by atoms with van der Waals surface area (Å²) in [4.78, 5) is 35.7. The van der Waals surface area contributed by atoms with Gasteiger partial charge in [0.25, 0.3) is 0 Å². The SMILES string of the molecule is CCOc1nc(CN2CCOCC2)cc2c(=O)c(CC(=O)NCc3ccc(Cl)cc3)c[nH]c12. The molecule has 0 spiro atoms. The molecule has 0 saturated carbocycles. The standard InChI is InChI=1S/C24H27ClN4O4/c1-2-33-24-22-20(12-19(28-24)15-29-7-9-32-10-8-29)23(31)17(14-27-22)11-21(30)26-13-16-3-5-18(25)6-4-16/h3-6,12,14H,2,7-11,13,15H2,1H3,(H,26,30)(H,27,31). The number of pyridine rings is 2. The first kappa shape index (κ1) is 23.2. The van der Waals surface area contributed by atoms with Crippen molar-refractivity contribution in [3.8, 4) is 5.88 Å². The zero-order chi connectivity index (χ0) is 23.2. The molecule has 174 valence electrons. The van der Waals surface area contributed by atoms with Crippen molar-refractivity contribution in [2.45, 2.75) is 26.4 Å². The number of aromatic amines is 1. The fourth-order valence-corrected chi connectivity index (χ4v) is 3.90. The van der Waals surface area contributed by atoms with Gasteiger partial charge in [-0.05, 0) is 30.7 Å². The second-order valence-corrected chi connectivity index (χ2v) is 8.32. The van der Waals surface area contributed by atoms with Gasteiger partial charge in [-0.2, -0.15) is 0 Å². The Labute approximate surface area is 196 Å². The Morgan fingerprint density at radius 3 is 2.76 bits per heavy atom. The molecule has 4 rings (SSSR count). The fraction of sp³-hybridized carbons (Fsp3) is 0.375. The third-order valence-electron chi connectivity index (χ3n) is 5.49. The number of carbonyl (C=O) groups excluding carboxylic acids is 1. The molecule has 3 heterocycles. The Kier molecular flexibility index (Phi) is 7.59. The van der Waals surface area contributed by atoms with Crippen molar-refractivity contribution in [1.29, 1.82) is 0 Å². The van der Waals surface area contributed by atoms with Gasteiger partial charge in [0.2, 0.25) is 11.8 Å². The maximum Gasteiger partial charge on any atom is 0.238 e. The van der Waals surface area contributed by atoms with E-state index in [1.165, 1.54) is 0 Å². The van der Waals surface area contributed by atoms with Crippen molar-refractivity contribution in [2.75, 3.05) is 32.9 Å². The molecule has 0 bridgehead atoms. The van der Waals surface area contributed by atoms with Gasteiger partial charge < -0.3 is 19.8 Å². The minimum atomic E-state index is -0.234. The molecule has 0 aliphatic carbocycles. The van der Waals surface area contributed by atoms with Crippen LogP contribution in [0.3, 0.4) is 0 Å². The highest BCUT2D eigenvalue weighted by Crippen LogP contribution is 2.22. The number of nitrogens with one attached hydrogen (secondary N) is 2. The lowest BCUT2D eigenvalue weighted by atomic mass is 10.1. The average Bonchev–Trinajstić information content (AvgIpc) is 2.82. The summed E-state index contributed by atoms with van der Waals surface area (Å²) >= 11 is 5.90. The van der Waals surface area contributed by atoms with Crippen molar-refractivity contribution in [1.82, 2.24) is 20.2 Å². The monoisotopic (exact) mass is 470 g/mol. The summed E-state index contributed by atoms with van der Waals surface area (Å²) in [6.45, 7) is 6.26. The number of aromatic nitrogens is 2. The van der Waals surface area contributed by atoms with E-state index in [9.17, 15) is 9.59 Å². The molecule has 1 fully saturated rings. The van der Waals surface area contributed by atoms with Gasteiger partial charge in [0.05, 0.1) is 37.3 Å². The highest BCUT2D eigenvalue weighted by Gasteiger charge is 2.17. The summed E-state index contributed by atoms with van der Waals surface area (Å²) in [6, 6.07) is 9.04. The Bertz CT molecular complexity index is 1170. The van der Waals surface area contributed by atoms with Crippen molar-refractivity contribution in [3.05, 3.63) is 68.6 Å². The zero-order valence-corrected chi connectivity index (χ0v) is 19.3. The Morgan fingerprint density at radius 2 is 2.03 bits per heavy atom. The van der Waals surface area contributed by atoms with Crippen LogP contribution in [0.4, 0.5) is 0 Å². The molecule has 2 N–H and O–H groups in total. The number of hydrogen-bond donors (Lipinski definition) is 2. The van der Waals surface area contributed by atoms with E-state index in [0.717, 1.165) is 24.3 Å². The van der Waals surface area contributed by atoms with Crippen LogP contribution in [0.5, 0.6) is 5.88 Å². The van der Waals surface area contributed by atoms with E-state index in [0.29, 0.717) is 60.3 Å². The molecule has 1 aromatic carbocycles. The van der Waals surface area contributed by atoms with E-state index in [4.69, 9.17) is 21.1 Å². The lowest BCUT2D eigenvalue weighted by Gasteiger charge is -2.26. The number of H-pyrrole nitrogens is 1. The zero-order valence-electron chi connectivity index (χ0n) is 18.5. The molecule has 1 aliphatic heterocycles. The summed E-state index contributed by atoms with van der Waals surface area (Å²) in [7, 11) is 0. The second-order valence-electron chi connectivity index (χ2n) is 7.89. The van der Waals surface area contributed by atoms with Crippen LogP contribution < -0.4 is 15.5 Å². The van der Waals surface area contributed by atoms with Crippen molar-refractivity contribution >= 4 is 28.4 Å². The van der Waals surface area contributed by atoms with E-state index < -0.39 is 0 Å². The van der Waals surface area contributed by atoms with Gasteiger partial charge in [-0.25, -0.2) is 4.98 Å². The molecule has 0 unspecified atom stereocenters. The maximum absolute atomic E-state index is 13.2. The number of amides is 1. The number of nitrogens with zero attached hydrogens (tertiary/aromatic N) is 2. The molecule has 3 aromatic rings. The molecule has 8 nitrogen and oxygen atoms in total. The van der Waals surface area contributed by atoms with Crippen molar-refractivity contribution in [2.24, 2.45) is 0 Å². The molecule has 33 heavy (non-hydrogen) atoms. The number of morpholine rings is 1. The average molecular weight is 471 g/mol. The summed E-state index contributed by atoms with van der Waals surface area (Å²) in [5.74, 6) is 0.163. The van der Waals surface area contributed by atoms with Gasteiger partial charge in [-0.15, -0.1) is 0 Å². The highest BCUT2D eigenvalue weighted by molar-refractivity contribution is 6.30. The van der Waals surface area contributed by atoms with Crippen LogP contribution in [0.15, 0.2) is 41.3 Å². The maximum atomic E-state index is 13.2. The van der Waals surface area contributed by atoms with E-state index >= 15 is 0 Å². The summed E-state index contributed by atoms with van der Waals surface area (Å²) in [5.41, 5.74) is 2.42. The van der Waals surface area contributed by atoms with Crippen LogP contribution in [0.25, 0.3) is 10.9 Å². The van der Waals surface area contributed by atoms with Crippen LogP contribution >= 0.6 is 11.6 Å². The summed E-state index contributed by atoms with van der Waals surface area (Å²) in [5, 5.41) is 3.96.